The molecule has 0 amide bonds. The van der Waals surface area contributed by atoms with E-state index >= 15 is 0 Å². The number of thioether (sulfide) groups is 1. The molecule has 0 atom stereocenters. The number of nitrogens with zero attached hydrogens (tertiary/aromatic N) is 4. The SMILES string of the molecule is Cc1[nH]c(NCCSCc2csc(CN(C)C)n2)nc(=S)c1-c1cccnc1. The van der Waals surface area contributed by atoms with E-state index in [1.165, 1.54) is 5.01 Å². The summed E-state index contributed by atoms with van der Waals surface area (Å²) in [6, 6.07) is 3.89. The molecule has 148 valence electrons. The van der Waals surface area contributed by atoms with E-state index in [0.717, 1.165) is 47.1 Å². The number of pyridine rings is 1. The van der Waals surface area contributed by atoms with E-state index < -0.39 is 0 Å². The van der Waals surface area contributed by atoms with Crippen molar-refractivity contribution < 1.29 is 0 Å². The molecule has 0 aliphatic rings. The Hall–Kier alpha value is -1.81. The van der Waals surface area contributed by atoms with Gasteiger partial charge in [-0.3, -0.25) is 4.98 Å². The molecule has 6 nitrogen and oxygen atoms in total. The van der Waals surface area contributed by atoms with Crippen LogP contribution in [0.4, 0.5) is 5.95 Å². The number of thiazole rings is 1. The molecular formula is C19H24N6S3. The molecule has 3 heterocycles. The zero-order valence-corrected chi connectivity index (χ0v) is 18.7. The van der Waals surface area contributed by atoms with Crippen molar-refractivity contribution in [3.8, 4) is 11.1 Å². The van der Waals surface area contributed by atoms with Gasteiger partial charge in [-0.05, 0) is 27.1 Å². The Morgan fingerprint density at radius 1 is 1.32 bits per heavy atom. The minimum Gasteiger partial charge on any atom is -0.355 e. The highest BCUT2D eigenvalue weighted by Crippen LogP contribution is 2.23. The summed E-state index contributed by atoms with van der Waals surface area (Å²) in [4.78, 5) is 18.8. The van der Waals surface area contributed by atoms with Gasteiger partial charge in [-0.15, -0.1) is 11.3 Å². The van der Waals surface area contributed by atoms with E-state index in [4.69, 9.17) is 12.2 Å². The van der Waals surface area contributed by atoms with Gasteiger partial charge in [-0.1, -0.05) is 18.3 Å². The van der Waals surface area contributed by atoms with E-state index in [1.807, 2.05) is 30.8 Å². The fraction of sp³-hybridized carbons (Fsp3) is 0.368. The highest BCUT2D eigenvalue weighted by Gasteiger charge is 2.08. The van der Waals surface area contributed by atoms with Crippen LogP contribution in [-0.2, 0) is 12.3 Å². The van der Waals surface area contributed by atoms with Crippen molar-refractivity contribution in [1.82, 2.24) is 24.8 Å². The third-order valence-corrected chi connectivity index (χ3v) is 6.07. The number of aryl methyl sites for hydroxylation is 1. The molecule has 28 heavy (non-hydrogen) atoms. The number of anilines is 1. The maximum Gasteiger partial charge on any atom is 0.201 e. The van der Waals surface area contributed by atoms with Crippen LogP contribution in [0.1, 0.15) is 16.4 Å². The quantitative estimate of drug-likeness (QED) is 0.384. The molecule has 0 spiro atoms. The minimum atomic E-state index is 0.579. The lowest BCUT2D eigenvalue weighted by Gasteiger charge is -2.10. The smallest absolute Gasteiger partial charge is 0.201 e. The average molecular weight is 433 g/mol. The van der Waals surface area contributed by atoms with Gasteiger partial charge in [0.25, 0.3) is 0 Å². The van der Waals surface area contributed by atoms with Crippen LogP contribution in [0.25, 0.3) is 11.1 Å². The Morgan fingerprint density at radius 3 is 2.89 bits per heavy atom. The largest absolute Gasteiger partial charge is 0.355 e. The van der Waals surface area contributed by atoms with Gasteiger partial charge >= 0.3 is 0 Å². The van der Waals surface area contributed by atoms with Gasteiger partial charge in [-0.2, -0.15) is 11.8 Å². The standard InChI is InChI=1S/C19H24N6S3/c1-13-17(14-5-4-6-20-9-14)18(26)24-19(22-13)21-7-8-27-11-15-12-28-16(23-15)10-25(2)3/h4-6,9,12H,7-8,10-11H2,1-3H3,(H2,21,22,24,26). The predicted octanol–water partition coefficient (Wildman–Crippen LogP) is 4.37. The first kappa shape index (κ1) is 20.9. The number of rotatable bonds is 9. The van der Waals surface area contributed by atoms with Crippen molar-refractivity contribution in [2.24, 2.45) is 0 Å². The Labute approximate surface area is 178 Å². The van der Waals surface area contributed by atoms with Crippen molar-refractivity contribution in [1.29, 1.82) is 0 Å². The van der Waals surface area contributed by atoms with Crippen LogP contribution in [0.3, 0.4) is 0 Å². The summed E-state index contributed by atoms with van der Waals surface area (Å²) in [6.45, 7) is 3.72. The van der Waals surface area contributed by atoms with E-state index in [9.17, 15) is 0 Å². The second-order valence-electron chi connectivity index (χ2n) is 6.58. The van der Waals surface area contributed by atoms with Gasteiger partial charge < -0.3 is 15.2 Å². The normalized spacial score (nSPS) is 11.1. The molecule has 9 heteroatoms. The summed E-state index contributed by atoms with van der Waals surface area (Å²) >= 11 is 9.08. The lowest BCUT2D eigenvalue weighted by molar-refractivity contribution is 0.401. The van der Waals surface area contributed by atoms with Gasteiger partial charge in [-0.25, -0.2) is 9.97 Å². The predicted molar refractivity (Wildman–Crippen MR) is 122 cm³/mol. The number of H-pyrrole nitrogens is 1. The van der Waals surface area contributed by atoms with E-state index in [0.29, 0.717) is 10.6 Å². The molecular weight excluding hydrogens is 408 g/mol. The zero-order chi connectivity index (χ0) is 19.9. The molecule has 0 aliphatic heterocycles. The lowest BCUT2D eigenvalue weighted by Crippen LogP contribution is -2.10. The topological polar surface area (TPSA) is 69.7 Å². The van der Waals surface area contributed by atoms with Crippen LogP contribution in [0.15, 0.2) is 29.9 Å². The monoisotopic (exact) mass is 432 g/mol. The molecule has 3 aromatic rings. The average Bonchev–Trinajstić information content (AvgIpc) is 3.08. The summed E-state index contributed by atoms with van der Waals surface area (Å²) in [6.07, 6.45) is 3.56. The fourth-order valence-electron chi connectivity index (χ4n) is 2.70. The number of nitrogens with one attached hydrogen (secondary N) is 2. The van der Waals surface area contributed by atoms with Crippen LogP contribution in [-0.4, -0.2) is 51.2 Å². The zero-order valence-electron chi connectivity index (χ0n) is 16.2. The summed E-state index contributed by atoms with van der Waals surface area (Å²) < 4.78 is 0.579. The van der Waals surface area contributed by atoms with Gasteiger partial charge in [0, 0.05) is 59.2 Å². The van der Waals surface area contributed by atoms with E-state index in [2.05, 4.69) is 49.6 Å². The number of aromatic amines is 1. The first-order valence-electron chi connectivity index (χ1n) is 8.94. The van der Waals surface area contributed by atoms with Crippen molar-refractivity contribution in [2.75, 3.05) is 31.7 Å². The second-order valence-corrected chi connectivity index (χ2v) is 9.02. The van der Waals surface area contributed by atoms with Crippen LogP contribution in [0, 0.1) is 11.6 Å². The molecule has 0 unspecified atom stereocenters. The summed E-state index contributed by atoms with van der Waals surface area (Å²) in [7, 11) is 4.12. The molecule has 0 radical (unpaired) electrons. The van der Waals surface area contributed by atoms with Gasteiger partial charge in [0.05, 0.1) is 5.69 Å². The van der Waals surface area contributed by atoms with Crippen molar-refractivity contribution in [3.63, 3.8) is 0 Å². The Kier molecular flexibility index (Phi) is 7.55. The number of aromatic nitrogens is 4. The van der Waals surface area contributed by atoms with Gasteiger partial charge in [0.15, 0.2) is 0 Å². The Bertz CT molecular complexity index is 952. The third kappa shape index (κ3) is 5.84. The first-order chi connectivity index (χ1) is 13.5. The van der Waals surface area contributed by atoms with Crippen LogP contribution in [0.2, 0.25) is 0 Å². The maximum atomic E-state index is 5.49. The Morgan fingerprint density at radius 2 is 2.18 bits per heavy atom. The first-order valence-corrected chi connectivity index (χ1v) is 11.4. The molecule has 0 saturated carbocycles. The number of hydrogen-bond donors (Lipinski definition) is 2. The van der Waals surface area contributed by atoms with E-state index in [1.54, 1.807) is 23.7 Å². The third-order valence-electron chi connectivity index (χ3n) is 3.90. The van der Waals surface area contributed by atoms with Crippen LogP contribution < -0.4 is 5.32 Å². The molecule has 0 fully saturated rings. The van der Waals surface area contributed by atoms with Crippen LogP contribution >= 0.6 is 35.3 Å². The highest BCUT2D eigenvalue weighted by atomic mass is 32.2. The molecule has 0 saturated heterocycles. The van der Waals surface area contributed by atoms with Crippen LogP contribution in [0.5, 0.6) is 0 Å². The van der Waals surface area contributed by atoms with Crippen molar-refractivity contribution in [2.45, 2.75) is 19.2 Å². The minimum absolute atomic E-state index is 0.579. The van der Waals surface area contributed by atoms with E-state index in [-0.39, 0.29) is 0 Å². The second kappa shape index (κ2) is 10.1. The molecule has 0 aliphatic carbocycles. The lowest BCUT2D eigenvalue weighted by atomic mass is 10.1. The summed E-state index contributed by atoms with van der Waals surface area (Å²) in [5.74, 6) is 2.60. The molecule has 3 rings (SSSR count). The van der Waals surface area contributed by atoms with Crippen molar-refractivity contribution in [3.05, 3.63) is 50.9 Å². The van der Waals surface area contributed by atoms with Crippen molar-refractivity contribution >= 4 is 41.3 Å². The Balaban J connectivity index is 1.49. The number of hydrogen-bond acceptors (Lipinski definition) is 8. The summed E-state index contributed by atoms with van der Waals surface area (Å²) in [5, 5.41) is 6.65. The molecule has 2 N–H and O–H groups in total. The van der Waals surface area contributed by atoms with Gasteiger partial charge in [0.1, 0.15) is 9.65 Å². The molecule has 0 bridgehead atoms. The maximum absolute atomic E-state index is 5.49. The summed E-state index contributed by atoms with van der Waals surface area (Å²) in [5.41, 5.74) is 4.05. The van der Waals surface area contributed by atoms with Gasteiger partial charge in [0.2, 0.25) is 5.95 Å². The highest BCUT2D eigenvalue weighted by molar-refractivity contribution is 7.98. The molecule has 3 aromatic heterocycles. The fourth-order valence-corrected chi connectivity index (χ4v) is 4.82. The molecule has 0 aromatic carbocycles.